The van der Waals surface area contributed by atoms with Crippen LogP contribution in [0.4, 0.5) is 0 Å². The van der Waals surface area contributed by atoms with Crippen molar-refractivity contribution in [3.8, 4) is 5.69 Å². The van der Waals surface area contributed by atoms with Crippen LogP contribution in [0.1, 0.15) is 16.1 Å². The maximum atomic E-state index is 12.2. The van der Waals surface area contributed by atoms with E-state index < -0.39 is 5.91 Å². The van der Waals surface area contributed by atoms with Crippen molar-refractivity contribution in [3.63, 3.8) is 0 Å². The van der Waals surface area contributed by atoms with Gasteiger partial charge < -0.3 is 0 Å². The Morgan fingerprint density at radius 2 is 1.68 bits per heavy atom. The Hall–Kier alpha value is -4.00. The van der Waals surface area contributed by atoms with E-state index in [-0.39, 0.29) is 18.0 Å². The molecule has 0 atom stereocenters. The topological polar surface area (TPSA) is 88.9 Å². The minimum atomic E-state index is -0.473. The first-order valence-corrected chi connectivity index (χ1v) is 8.73. The first-order valence-electron chi connectivity index (χ1n) is 8.73. The molecule has 0 radical (unpaired) electrons. The monoisotopic (exact) mass is 371 g/mol. The summed E-state index contributed by atoms with van der Waals surface area (Å²) in [4.78, 5) is 28.6. The van der Waals surface area contributed by atoms with Crippen molar-refractivity contribution in [2.45, 2.75) is 6.42 Å². The molecule has 0 saturated carbocycles. The van der Waals surface area contributed by atoms with Crippen molar-refractivity contribution in [1.29, 1.82) is 0 Å². The third-order valence-corrected chi connectivity index (χ3v) is 4.17. The highest BCUT2D eigenvalue weighted by Gasteiger charge is 2.11. The number of benzene rings is 2. The van der Waals surface area contributed by atoms with Gasteiger partial charge in [0.25, 0.3) is 5.91 Å². The predicted molar refractivity (Wildman–Crippen MR) is 105 cm³/mol. The van der Waals surface area contributed by atoms with Gasteiger partial charge in [-0.2, -0.15) is 5.10 Å². The normalized spacial score (nSPS) is 10.6. The number of pyridine rings is 1. The van der Waals surface area contributed by atoms with E-state index in [2.05, 4.69) is 20.9 Å². The number of amides is 2. The smallest absolute Gasteiger partial charge is 0.273 e. The highest BCUT2D eigenvalue weighted by Crippen LogP contribution is 2.11. The lowest BCUT2D eigenvalue weighted by Crippen LogP contribution is -2.42. The molecule has 2 amide bonds. The predicted octanol–water partition coefficient (Wildman–Crippen LogP) is 2.42. The molecule has 0 spiro atoms. The molecule has 28 heavy (non-hydrogen) atoms. The molecule has 0 saturated heterocycles. The van der Waals surface area contributed by atoms with Gasteiger partial charge in [-0.3, -0.25) is 20.4 Å². The lowest BCUT2D eigenvalue weighted by Gasteiger charge is -2.07. The molecule has 2 aromatic heterocycles. The van der Waals surface area contributed by atoms with Gasteiger partial charge in [0, 0.05) is 11.6 Å². The average Bonchev–Trinajstić information content (AvgIpc) is 3.20. The van der Waals surface area contributed by atoms with Crippen LogP contribution in [-0.2, 0) is 11.2 Å². The van der Waals surface area contributed by atoms with E-state index in [1.807, 2.05) is 60.7 Å². The number of hydrazine groups is 1. The molecule has 0 aliphatic carbocycles. The Balaban J connectivity index is 1.35. The molecule has 4 aromatic rings. The van der Waals surface area contributed by atoms with Crippen molar-refractivity contribution in [2.75, 3.05) is 0 Å². The molecule has 0 fully saturated rings. The van der Waals surface area contributed by atoms with E-state index >= 15 is 0 Å². The van der Waals surface area contributed by atoms with Crippen LogP contribution in [0, 0.1) is 0 Å². The van der Waals surface area contributed by atoms with Crippen LogP contribution in [0.15, 0.2) is 79.1 Å². The number of rotatable bonds is 4. The summed E-state index contributed by atoms with van der Waals surface area (Å²) in [5.41, 5.74) is 7.40. The van der Waals surface area contributed by atoms with Gasteiger partial charge in [0.05, 0.1) is 23.8 Å². The SMILES string of the molecule is O=C(Cc1cnn(-c2ccccc2)c1)NNC(=O)c1ccc2ccccc2n1. The van der Waals surface area contributed by atoms with Crippen LogP contribution >= 0.6 is 0 Å². The number of hydrogen-bond acceptors (Lipinski definition) is 4. The molecule has 0 unspecified atom stereocenters. The second-order valence-electron chi connectivity index (χ2n) is 6.20. The van der Waals surface area contributed by atoms with Gasteiger partial charge in [0.1, 0.15) is 5.69 Å². The van der Waals surface area contributed by atoms with Crippen LogP contribution in [-0.4, -0.2) is 26.6 Å². The standard InChI is InChI=1S/C21H17N5O2/c27-20(12-15-13-22-26(14-15)17-7-2-1-3-8-17)24-25-21(28)19-11-10-16-6-4-5-9-18(16)23-19/h1-11,13-14H,12H2,(H,24,27)(H,25,28). The zero-order chi connectivity index (χ0) is 19.3. The van der Waals surface area contributed by atoms with E-state index in [4.69, 9.17) is 0 Å². The quantitative estimate of drug-likeness (QED) is 0.539. The third-order valence-electron chi connectivity index (χ3n) is 4.17. The molecule has 7 nitrogen and oxygen atoms in total. The van der Waals surface area contributed by atoms with E-state index in [1.165, 1.54) is 0 Å². The average molecular weight is 371 g/mol. The van der Waals surface area contributed by atoms with Crippen molar-refractivity contribution in [3.05, 3.63) is 90.4 Å². The molecule has 0 aliphatic rings. The van der Waals surface area contributed by atoms with Crippen molar-refractivity contribution < 1.29 is 9.59 Å². The fraction of sp³-hybridized carbons (Fsp3) is 0.0476. The van der Waals surface area contributed by atoms with Gasteiger partial charge in [-0.25, -0.2) is 9.67 Å². The number of nitrogens with one attached hydrogen (secondary N) is 2. The van der Waals surface area contributed by atoms with Crippen LogP contribution in [0.5, 0.6) is 0 Å². The Bertz CT molecular complexity index is 1140. The Kier molecular flexibility index (Phi) is 4.79. The molecule has 138 valence electrons. The summed E-state index contributed by atoms with van der Waals surface area (Å²) in [7, 11) is 0. The van der Waals surface area contributed by atoms with Gasteiger partial charge in [0.2, 0.25) is 5.91 Å². The Morgan fingerprint density at radius 1 is 0.893 bits per heavy atom. The Morgan fingerprint density at radius 3 is 2.54 bits per heavy atom. The van der Waals surface area contributed by atoms with Gasteiger partial charge >= 0.3 is 0 Å². The van der Waals surface area contributed by atoms with E-state index in [0.717, 1.165) is 22.2 Å². The molecule has 0 bridgehead atoms. The summed E-state index contributed by atoms with van der Waals surface area (Å²) in [5, 5.41) is 5.19. The summed E-state index contributed by atoms with van der Waals surface area (Å²) in [5.74, 6) is -0.819. The number of aromatic nitrogens is 3. The van der Waals surface area contributed by atoms with E-state index in [9.17, 15) is 9.59 Å². The largest absolute Gasteiger partial charge is 0.288 e. The summed E-state index contributed by atoms with van der Waals surface area (Å²) in [6.07, 6.45) is 3.50. The molecule has 2 heterocycles. The number of carbonyl (C=O) groups excluding carboxylic acids is 2. The van der Waals surface area contributed by atoms with Gasteiger partial charge in [0.15, 0.2) is 0 Å². The molecule has 0 aliphatic heterocycles. The van der Waals surface area contributed by atoms with Crippen molar-refractivity contribution >= 4 is 22.7 Å². The van der Waals surface area contributed by atoms with E-state index in [1.54, 1.807) is 23.1 Å². The minimum Gasteiger partial charge on any atom is -0.273 e. The van der Waals surface area contributed by atoms with E-state index in [0.29, 0.717) is 0 Å². The lowest BCUT2D eigenvalue weighted by molar-refractivity contribution is -0.121. The zero-order valence-electron chi connectivity index (χ0n) is 14.9. The molecule has 7 heteroatoms. The molecule has 2 aromatic carbocycles. The molecular weight excluding hydrogens is 354 g/mol. The summed E-state index contributed by atoms with van der Waals surface area (Å²) >= 11 is 0. The number of carbonyl (C=O) groups is 2. The van der Waals surface area contributed by atoms with Crippen molar-refractivity contribution in [2.24, 2.45) is 0 Å². The first-order chi connectivity index (χ1) is 13.7. The number of nitrogens with zero attached hydrogens (tertiary/aromatic N) is 3. The minimum absolute atomic E-state index is 0.0955. The van der Waals surface area contributed by atoms with Gasteiger partial charge in [-0.1, -0.05) is 42.5 Å². The maximum absolute atomic E-state index is 12.2. The third kappa shape index (κ3) is 3.88. The molecule has 4 rings (SSSR count). The fourth-order valence-electron chi connectivity index (χ4n) is 2.79. The Labute approximate surface area is 161 Å². The van der Waals surface area contributed by atoms with Crippen molar-refractivity contribution in [1.82, 2.24) is 25.6 Å². The molecular formula is C21H17N5O2. The van der Waals surface area contributed by atoms with Crippen LogP contribution in [0.2, 0.25) is 0 Å². The summed E-state index contributed by atoms with van der Waals surface area (Å²) in [6.45, 7) is 0. The zero-order valence-corrected chi connectivity index (χ0v) is 14.9. The second kappa shape index (κ2) is 7.71. The number of hydrogen-bond donors (Lipinski definition) is 2. The van der Waals surface area contributed by atoms with Gasteiger partial charge in [-0.15, -0.1) is 0 Å². The van der Waals surface area contributed by atoms with Gasteiger partial charge in [-0.05, 0) is 29.8 Å². The van der Waals surface area contributed by atoms with Crippen LogP contribution < -0.4 is 10.9 Å². The molecule has 2 N–H and O–H groups in total. The fourth-order valence-corrected chi connectivity index (χ4v) is 2.79. The first kappa shape index (κ1) is 17.4. The number of para-hydroxylation sites is 2. The number of fused-ring (bicyclic) bond motifs is 1. The lowest BCUT2D eigenvalue weighted by atomic mass is 10.2. The van der Waals surface area contributed by atoms with Crippen LogP contribution in [0.3, 0.4) is 0 Å². The summed E-state index contributed by atoms with van der Waals surface area (Å²) < 4.78 is 1.69. The highest BCUT2D eigenvalue weighted by atomic mass is 16.2. The maximum Gasteiger partial charge on any atom is 0.288 e. The highest BCUT2D eigenvalue weighted by molar-refractivity contribution is 5.96. The summed E-state index contributed by atoms with van der Waals surface area (Å²) in [6, 6.07) is 20.6. The van der Waals surface area contributed by atoms with Crippen LogP contribution in [0.25, 0.3) is 16.6 Å². The second-order valence-corrected chi connectivity index (χ2v) is 6.20.